The van der Waals surface area contributed by atoms with Crippen molar-refractivity contribution in [1.82, 2.24) is 0 Å². The molecule has 0 aliphatic rings. The Morgan fingerprint density at radius 2 is 1.43 bits per heavy atom. The lowest BCUT2D eigenvalue weighted by atomic mass is 10.0. The molecule has 0 aliphatic carbocycles. The van der Waals surface area contributed by atoms with Gasteiger partial charge in [-0.2, -0.15) is 17.6 Å². The summed E-state index contributed by atoms with van der Waals surface area (Å²) in [6.45, 7) is 2.84. The van der Waals surface area contributed by atoms with Gasteiger partial charge in [0.25, 0.3) is 0 Å². The van der Waals surface area contributed by atoms with Crippen molar-refractivity contribution in [2.45, 2.75) is 30.9 Å². The summed E-state index contributed by atoms with van der Waals surface area (Å²) in [4.78, 5) is 0. The second kappa shape index (κ2) is 4.18. The highest BCUT2D eigenvalue weighted by Crippen LogP contribution is 2.43. The van der Waals surface area contributed by atoms with E-state index in [0.29, 0.717) is 6.08 Å². The molecule has 0 aromatic carbocycles. The number of allylic oxidation sites excluding steroid dienone is 1. The van der Waals surface area contributed by atoms with Crippen LogP contribution in [-0.4, -0.2) is 24.4 Å². The molecule has 14 heavy (non-hydrogen) atoms. The molecule has 0 aliphatic heterocycles. The lowest BCUT2D eigenvalue weighted by Gasteiger charge is -2.27. The molecule has 0 aromatic rings. The first-order valence-electron chi connectivity index (χ1n) is 3.46. The van der Waals surface area contributed by atoms with Crippen molar-refractivity contribution < 1.29 is 30.7 Å². The number of alkyl halides is 7. The van der Waals surface area contributed by atoms with Gasteiger partial charge in [-0.25, -0.2) is 13.2 Å². The summed E-state index contributed by atoms with van der Waals surface area (Å²) in [5.41, 5.74) is 0. The van der Waals surface area contributed by atoms with E-state index in [2.05, 4.69) is 6.58 Å². The van der Waals surface area contributed by atoms with Crippen molar-refractivity contribution >= 4 is 0 Å². The Hall–Kier alpha value is -0.750. The predicted molar refractivity (Wildman–Crippen MR) is 35.6 cm³/mol. The molecule has 0 fully saturated rings. The Balaban J connectivity index is 4.82. The van der Waals surface area contributed by atoms with E-state index in [1.807, 2.05) is 0 Å². The molecule has 0 radical (unpaired) electrons. The van der Waals surface area contributed by atoms with Gasteiger partial charge in [-0.15, -0.1) is 6.58 Å². The predicted octanol–water partition coefficient (Wildman–Crippen LogP) is 3.44. The van der Waals surface area contributed by atoms with Gasteiger partial charge < -0.3 is 0 Å². The van der Waals surface area contributed by atoms with Crippen LogP contribution in [0.4, 0.5) is 30.7 Å². The van der Waals surface area contributed by atoms with E-state index < -0.39 is 30.9 Å². The summed E-state index contributed by atoms with van der Waals surface area (Å²) in [5.74, 6) is -11.1. The number of hydrogen-bond donors (Lipinski definition) is 0. The van der Waals surface area contributed by atoms with Gasteiger partial charge in [-0.1, -0.05) is 6.08 Å². The maximum Gasteiger partial charge on any atom is 0.372 e. The fourth-order valence-corrected chi connectivity index (χ4v) is 0.649. The van der Waals surface area contributed by atoms with Gasteiger partial charge in [0.2, 0.25) is 0 Å². The zero-order valence-electron chi connectivity index (χ0n) is 6.79. The fourth-order valence-electron chi connectivity index (χ4n) is 0.649. The van der Waals surface area contributed by atoms with Crippen LogP contribution in [0, 0.1) is 0 Å². The van der Waals surface area contributed by atoms with Gasteiger partial charge in [0.15, 0.2) is 6.17 Å². The Kier molecular flexibility index (Phi) is 3.96. The van der Waals surface area contributed by atoms with Crippen molar-refractivity contribution in [1.29, 1.82) is 0 Å². The second-order valence-electron chi connectivity index (χ2n) is 2.54. The third kappa shape index (κ3) is 2.19. The van der Waals surface area contributed by atoms with Gasteiger partial charge in [0.1, 0.15) is 0 Å². The fraction of sp³-hybridized carbons (Fsp3) is 0.714. The first-order valence-corrected chi connectivity index (χ1v) is 3.46. The molecule has 7 heteroatoms. The van der Waals surface area contributed by atoms with Gasteiger partial charge >= 0.3 is 18.3 Å². The summed E-state index contributed by atoms with van der Waals surface area (Å²) in [5, 5.41) is 0. The number of hydrogen-bond acceptors (Lipinski definition) is 0. The summed E-state index contributed by atoms with van der Waals surface area (Å²) < 4.78 is 84.4. The quantitative estimate of drug-likeness (QED) is 0.495. The van der Waals surface area contributed by atoms with Gasteiger partial charge in [0, 0.05) is 6.42 Å². The lowest BCUT2D eigenvalue weighted by Crippen LogP contribution is -2.52. The largest absolute Gasteiger partial charge is 0.372 e. The molecule has 0 N–H and O–H groups in total. The highest BCUT2D eigenvalue weighted by atomic mass is 19.3. The van der Waals surface area contributed by atoms with Gasteiger partial charge in [0.05, 0.1) is 0 Å². The SMILES string of the molecule is C=CCC(F)C(F)(F)C(F)(F)C(F)F. The minimum atomic E-state index is -5.67. The van der Waals surface area contributed by atoms with Crippen molar-refractivity contribution in [3.63, 3.8) is 0 Å². The molecule has 0 saturated carbocycles. The van der Waals surface area contributed by atoms with Crippen LogP contribution >= 0.6 is 0 Å². The first-order chi connectivity index (χ1) is 6.17. The van der Waals surface area contributed by atoms with E-state index in [0.717, 1.165) is 0 Å². The Labute approximate surface area is 75.4 Å². The minimum absolute atomic E-state index is 0.611. The normalized spacial score (nSPS) is 15.7. The standard InChI is InChI=1S/C7H7F7/c1-2-3-4(8)6(11,12)7(13,14)5(9)10/h2,4-5H,1,3H2. The van der Waals surface area contributed by atoms with E-state index in [4.69, 9.17) is 0 Å². The highest BCUT2D eigenvalue weighted by Gasteiger charge is 2.66. The van der Waals surface area contributed by atoms with Crippen LogP contribution in [0.15, 0.2) is 12.7 Å². The molecule has 84 valence electrons. The van der Waals surface area contributed by atoms with Crippen LogP contribution in [-0.2, 0) is 0 Å². The third-order valence-electron chi connectivity index (χ3n) is 1.49. The molecular formula is C7H7F7. The summed E-state index contributed by atoms with van der Waals surface area (Å²) in [6.07, 6.45) is -8.49. The Morgan fingerprint density at radius 1 is 1.00 bits per heavy atom. The van der Waals surface area contributed by atoms with Crippen molar-refractivity contribution in [3.05, 3.63) is 12.7 Å². The van der Waals surface area contributed by atoms with Crippen LogP contribution in [0.3, 0.4) is 0 Å². The lowest BCUT2D eigenvalue weighted by molar-refractivity contribution is -0.284. The molecule has 0 aromatic heterocycles. The molecule has 0 bridgehead atoms. The second-order valence-corrected chi connectivity index (χ2v) is 2.54. The molecule has 0 rings (SSSR count). The Bertz CT molecular complexity index is 198. The smallest absolute Gasteiger partial charge is 0.240 e. The molecule has 0 amide bonds. The molecular weight excluding hydrogens is 217 g/mol. The minimum Gasteiger partial charge on any atom is -0.240 e. The molecule has 0 spiro atoms. The first kappa shape index (κ1) is 13.2. The van der Waals surface area contributed by atoms with Crippen LogP contribution in [0.5, 0.6) is 0 Å². The van der Waals surface area contributed by atoms with Gasteiger partial charge in [-0.05, 0) is 0 Å². The zero-order chi connectivity index (χ0) is 11.6. The van der Waals surface area contributed by atoms with Crippen LogP contribution in [0.2, 0.25) is 0 Å². The van der Waals surface area contributed by atoms with Crippen LogP contribution in [0.25, 0.3) is 0 Å². The average molecular weight is 224 g/mol. The summed E-state index contributed by atoms with van der Waals surface area (Å²) in [6, 6.07) is 0. The topological polar surface area (TPSA) is 0 Å². The molecule has 0 saturated heterocycles. The van der Waals surface area contributed by atoms with E-state index in [9.17, 15) is 30.7 Å². The van der Waals surface area contributed by atoms with E-state index >= 15 is 0 Å². The highest BCUT2D eigenvalue weighted by molar-refractivity contribution is 4.95. The van der Waals surface area contributed by atoms with Crippen LogP contribution in [0.1, 0.15) is 6.42 Å². The Morgan fingerprint density at radius 3 is 1.71 bits per heavy atom. The van der Waals surface area contributed by atoms with Crippen molar-refractivity contribution in [2.75, 3.05) is 0 Å². The van der Waals surface area contributed by atoms with E-state index in [1.54, 1.807) is 0 Å². The summed E-state index contributed by atoms with van der Waals surface area (Å²) in [7, 11) is 0. The molecule has 1 atom stereocenters. The van der Waals surface area contributed by atoms with Gasteiger partial charge in [-0.3, -0.25) is 0 Å². The maximum atomic E-state index is 12.4. The van der Waals surface area contributed by atoms with Crippen molar-refractivity contribution in [3.8, 4) is 0 Å². The number of rotatable bonds is 5. The van der Waals surface area contributed by atoms with E-state index in [1.165, 1.54) is 0 Å². The maximum absolute atomic E-state index is 12.4. The summed E-state index contributed by atoms with van der Waals surface area (Å²) >= 11 is 0. The monoisotopic (exact) mass is 224 g/mol. The molecule has 0 nitrogen and oxygen atoms in total. The molecule has 0 heterocycles. The molecule has 1 unspecified atom stereocenters. The zero-order valence-corrected chi connectivity index (χ0v) is 6.79. The van der Waals surface area contributed by atoms with Crippen molar-refractivity contribution in [2.24, 2.45) is 0 Å². The van der Waals surface area contributed by atoms with E-state index in [-0.39, 0.29) is 0 Å². The van der Waals surface area contributed by atoms with Crippen LogP contribution < -0.4 is 0 Å². The average Bonchev–Trinajstić information content (AvgIpc) is 2.04. The third-order valence-corrected chi connectivity index (χ3v) is 1.49. The number of halogens is 7.